The predicted molar refractivity (Wildman–Crippen MR) is 69.4 cm³/mol. The number of aromatic nitrogens is 2. The maximum absolute atomic E-state index is 6.19. The van der Waals surface area contributed by atoms with Crippen molar-refractivity contribution in [1.82, 2.24) is 15.3 Å². The zero-order valence-electron chi connectivity index (χ0n) is 9.19. The van der Waals surface area contributed by atoms with Gasteiger partial charge in [-0.15, -0.1) is 0 Å². The zero-order valence-corrected chi connectivity index (χ0v) is 10.7. The van der Waals surface area contributed by atoms with E-state index in [1.807, 2.05) is 25.2 Å². The number of hydrogen-bond acceptors (Lipinski definition) is 3. The molecule has 1 atom stereocenters. The normalized spacial score (nSPS) is 12.4. The molecule has 0 aliphatic carbocycles. The summed E-state index contributed by atoms with van der Waals surface area (Å²) >= 11 is 12.4. The lowest BCUT2D eigenvalue weighted by atomic mass is 10.0. The summed E-state index contributed by atoms with van der Waals surface area (Å²) in [7, 11) is 1.84. The van der Waals surface area contributed by atoms with Gasteiger partial charge in [0.15, 0.2) is 0 Å². The minimum atomic E-state index is -0.114. The Morgan fingerprint density at radius 2 is 1.71 bits per heavy atom. The van der Waals surface area contributed by atoms with Crippen molar-refractivity contribution in [2.24, 2.45) is 0 Å². The molecular formula is C12H11Cl2N3. The highest BCUT2D eigenvalue weighted by Gasteiger charge is 2.18. The molecule has 0 fully saturated rings. The highest BCUT2D eigenvalue weighted by molar-refractivity contribution is 6.36. The third-order valence-corrected chi connectivity index (χ3v) is 3.15. The maximum Gasteiger partial charge on any atom is 0.115 e. The van der Waals surface area contributed by atoms with Crippen molar-refractivity contribution < 1.29 is 0 Å². The minimum absolute atomic E-state index is 0.114. The Hall–Kier alpha value is -1.16. The van der Waals surface area contributed by atoms with E-state index in [9.17, 15) is 0 Å². The van der Waals surface area contributed by atoms with E-state index in [4.69, 9.17) is 23.2 Å². The van der Waals surface area contributed by atoms with Gasteiger partial charge in [0.1, 0.15) is 6.33 Å². The molecular weight excluding hydrogens is 257 g/mol. The Morgan fingerprint density at radius 1 is 1.12 bits per heavy atom. The van der Waals surface area contributed by atoms with Crippen LogP contribution in [0.25, 0.3) is 0 Å². The van der Waals surface area contributed by atoms with Crippen molar-refractivity contribution in [3.8, 4) is 0 Å². The van der Waals surface area contributed by atoms with Crippen LogP contribution in [-0.2, 0) is 0 Å². The second-order valence-corrected chi connectivity index (χ2v) is 4.34. The third-order valence-electron chi connectivity index (χ3n) is 2.49. The molecule has 0 aliphatic rings. The lowest BCUT2D eigenvalue weighted by Gasteiger charge is -2.19. The van der Waals surface area contributed by atoms with Gasteiger partial charge in [-0.3, -0.25) is 0 Å². The van der Waals surface area contributed by atoms with Crippen molar-refractivity contribution >= 4 is 23.2 Å². The van der Waals surface area contributed by atoms with E-state index in [1.165, 1.54) is 6.33 Å². The molecule has 0 saturated heterocycles. The molecule has 1 aromatic carbocycles. The molecule has 0 aliphatic heterocycles. The molecule has 2 rings (SSSR count). The topological polar surface area (TPSA) is 37.8 Å². The summed E-state index contributed by atoms with van der Waals surface area (Å²) < 4.78 is 0. The van der Waals surface area contributed by atoms with E-state index < -0.39 is 0 Å². The fourth-order valence-corrected chi connectivity index (χ4v) is 2.34. The molecule has 2 aromatic rings. The molecule has 1 unspecified atom stereocenters. The summed E-state index contributed by atoms with van der Waals surface area (Å²) in [5.74, 6) is 0. The molecule has 17 heavy (non-hydrogen) atoms. The van der Waals surface area contributed by atoms with Gasteiger partial charge in [0.25, 0.3) is 0 Å². The first-order valence-electron chi connectivity index (χ1n) is 5.10. The summed E-state index contributed by atoms with van der Waals surface area (Å²) in [6.07, 6.45) is 4.98. The first-order chi connectivity index (χ1) is 8.24. The van der Waals surface area contributed by atoms with Gasteiger partial charge in [-0.05, 0) is 19.2 Å². The van der Waals surface area contributed by atoms with Crippen molar-refractivity contribution in [3.63, 3.8) is 0 Å². The summed E-state index contributed by atoms with van der Waals surface area (Å²) in [6.45, 7) is 0. The molecule has 5 heteroatoms. The SMILES string of the molecule is CNC(c1cncnc1)c1c(Cl)cccc1Cl. The molecule has 0 spiro atoms. The van der Waals surface area contributed by atoms with Gasteiger partial charge in [-0.25, -0.2) is 9.97 Å². The van der Waals surface area contributed by atoms with Gasteiger partial charge in [0.05, 0.1) is 6.04 Å². The van der Waals surface area contributed by atoms with Gasteiger partial charge in [0, 0.05) is 33.6 Å². The van der Waals surface area contributed by atoms with E-state index in [0.29, 0.717) is 10.0 Å². The number of benzene rings is 1. The van der Waals surface area contributed by atoms with E-state index in [1.54, 1.807) is 12.4 Å². The lowest BCUT2D eigenvalue weighted by molar-refractivity contribution is 0.685. The van der Waals surface area contributed by atoms with Crippen molar-refractivity contribution in [2.75, 3.05) is 7.05 Å². The largest absolute Gasteiger partial charge is 0.309 e. The average Bonchev–Trinajstić information content (AvgIpc) is 2.35. The Labute approximate surface area is 110 Å². The molecule has 1 heterocycles. The third kappa shape index (κ3) is 2.57. The van der Waals surface area contributed by atoms with Gasteiger partial charge in [-0.2, -0.15) is 0 Å². The summed E-state index contributed by atoms with van der Waals surface area (Å²) in [5, 5.41) is 4.42. The van der Waals surface area contributed by atoms with E-state index in [-0.39, 0.29) is 6.04 Å². The number of nitrogens with one attached hydrogen (secondary N) is 1. The second kappa shape index (κ2) is 5.45. The summed E-state index contributed by atoms with van der Waals surface area (Å²) in [4.78, 5) is 8.00. The van der Waals surface area contributed by atoms with E-state index in [0.717, 1.165) is 11.1 Å². The first kappa shape index (κ1) is 12.3. The molecule has 0 amide bonds. The Kier molecular flexibility index (Phi) is 3.94. The van der Waals surface area contributed by atoms with Gasteiger partial charge < -0.3 is 5.32 Å². The Morgan fingerprint density at radius 3 is 2.24 bits per heavy atom. The highest BCUT2D eigenvalue weighted by Crippen LogP contribution is 2.33. The van der Waals surface area contributed by atoms with Crippen LogP contribution in [-0.4, -0.2) is 17.0 Å². The van der Waals surface area contributed by atoms with Crippen LogP contribution in [0.2, 0.25) is 10.0 Å². The summed E-state index contributed by atoms with van der Waals surface area (Å²) in [6, 6.07) is 5.34. The monoisotopic (exact) mass is 267 g/mol. The molecule has 1 N–H and O–H groups in total. The molecule has 0 saturated carbocycles. The quantitative estimate of drug-likeness (QED) is 0.929. The Balaban J connectivity index is 2.50. The molecule has 1 aromatic heterocycles. The van der Waals surface area contributed by atoms with Gasteiger partial charge in [0.2, 0.25) is 0 Å². The fraction of sp³-hybridized carbons (Fsp3) is 0.167. The predicted octanol–water partition coefficient (Wildman–Crippen LogP) is 3.09. The van der Waals surface area contributed by atoms with Gasteiger partial charge >= 0.3 is 0 Å². The van der Waals surface area contributed by atoms with Crippen LogP contribution in [0.15, 0.2) is 36.9 Å². The van der Waals surface area contributed by atoms with Crippen LogP contribution in [0.4, 0.5) is 0 Å². The van der Waals surface area contributed by atoms with Crippen molar-refractivity contribution in [3.05, 3.63) is 58.1 Å². The summed E-state index contributed by atoms with van der Waals surface area (Å²) in [5.41, 5.74) is 1.76. The molecule has 3 nitrogen and oxygen atoms in total. The number of nitrogens with zero attached hydrogens (tertiary/aromatic N) is 2. The first-order valence-corrected chi connectivity index (χ1v) is 5.85. The molecule has 0 bridgehead atoms. The van der Waals surface area contributed by atoms with Crippen LogP contribution < -0.4 is 5.32 Å². The van der Waals surface area contributed by atoms with Crippen molar-refractivity contribution in [1.29, 1.82) is 0 Å². The van der Waals surface area contributed by atoms with Crippen LogP contribution in [0, 0.1) is 0 Å². The zero-order chi connectivity index (χ0) is 12.3. The van der Waals surface area contributed by atoms with E-state index in [2.05, 4.69) is 15.3 Å². The van der Waals surface area contributed by atoms with Crippen LogP contribution >= 0.6 is 23.2 Å². The van der Waals surface area contributed by atoms with Gasteiger partial charge in [-0.1, -0.05) is 29.3 Å². The van der Waals surface area contributed by atoms with Crippen LogP contribution in [0.5, 0.6) is 0 Å². The van der Waals surface area contributed by atoms with Crippen LogP contribution in [0.3, 0.4) is 0 Å². The average molecular weight is 268 g/mol. The number of hydrogen-bond donors (Lipinski definition) is 1. The van der Waals surface area contributed by atoms with E-state index >= 15 is 0 Å². The Bertz CT molecular complexity index is 482. The number of halogens is 2. The maximum atomic E-state index is 6.19. The second-order valence-electron chi connectivity index (χ2n) is 3.53. The fourth-order valence-electron chi connectivity index (χ4n) is 1.72. The highest BCUT2D eigenvalue weighted by atomic mass is 35.5. The smallest absolute Gasteiger partial charge is 0.115 e. The molecule has 0 radical (unpaired) electrons. The minimum Gasteiger partial charge on any atom is -0.309 e. The molecule has 88 valence electrons. The van der Waals surface area contributed by atoms with Crippen molar-refractivity contribution in [2.45, 2.75) is 6.04 Å². The number of rotatable bonds is 3. The van der Waals surface area contributed by atoms with Crippen LogP contribution in [0.1, 0.15) is 17.2 Å². The lowest BCUT2D eigenvalue weighted by Crippen LogP contribution is -2.18. The standard InChI is InChI=1S/C12H11Cl2N3/c1-15-12(8-5-16-7-17-6-8)11-9(13)3-2-4-10(11)14/h2-7,12,15H,1H3.